The lowest BCUT2D eigenvalue weighted by Crippen LogP contribution is -1.95. The van der Waals surface area contributed by atoms with Crippen molar-refractivity contribution in [2.24, 2.45) is 0 Å². The maximum absolute atomic E-state index is 10.4. The topological polar surface area (TPSA) is 63.3 Å². The normalized spacial score (nSPS) is 10.9. The van der Waals surface area contributed by atoms with Crippen molar-refractivity contribution in [3.63, 3.8) is 0 Å². The van der Waals surface area contributed by atoms with Crippen molar-refractivity contribution >= 4 is 17.1 Å². The van der Waals surface area contributed by atoms with E-state index in [4.69, 9.17) is 9.52 Å². The Hall–Kier alpha value is -1.84. The zero-order chi connectivity index (χ0) is 12.3. The number of rotatable bonds is 5. The van der Waals surface area contributed by atoms with Crippen molar-refractivity contribution < 1.29 is 14.3 Å². The van der Waals surface area contributed by atoms with E-state index < -0.39 is 5.97 Å². The first kappa shape index (κ1) is 11.6. The lowest BCUT2D eigenvalue weighted by Gasteiger charge is -1.92. The van der Waals surface area contributed by atoms with E-state index in [0.29, 0.717) is 18.7 Å². The minimum absolute atomic E-state index is 0.152. The average Bonchev–Trinajstić information content (AvgIpc) is 2.69. The van der Waals surface area contributed by atoms with Gasteiger partial charge in [0.05, 0.1) is 0 Å². The van der Waals surface area contributed by atoms with E-state index in [0.717, 1.165) is 17.5 Å². The monoisotopic (exact) mass is 233 g/mol. The number of hydrogen-bond donors (Lipinski definition) is 1. The SMILES string of the molecule is CCc1ccc2oc(CCCC(=O)O)nc2c1. The predicted molar refractivity (Wildman–Crippen MR) is 64.0 cm³/mol. The van der Waals surface area contributed by atoms with Crippen molar-refractivity contribution in [3.05, 3.63) is 29.7 Å². The third kappa shape index (κ3) is 2.84. The van der Waals surface area contributed by atoms with Gasteiger partial charge in [-0.3, -0.25) is 4.79 Å². The molecule has 2 rings (SSSR count). The number of hydrogen-bond acceptors (Lipinski definition) is 3. The number of fused-ring (bicyclic) bond motifs is 1. The van der Waals surface area contributed by atoms with Crippen molar-refractivity contribution in [1.29, 1.82) is 0 Å². The number of carbonyl (C=O) groups is 1. The number of carboxylic acid groups (broad SMARTS) is 1. The summed E-state index contributed by atoms with van der Waals surface area (Å²) >= 11 is 0. The van der Waals surface area contributed by atoms with Crippen LogP contribution in [0.25, 0.3) is 11.1 Å². The minimum Gasteiger partial charge on any atom is -0.481 e. The second-order valence-corrected chi connectivity index (χ2v) is 4.01. The van der Waals surface area contributed by atoms with Crippen LogP contribution in [0.5, 0.6) is 0 Å². The summed E-state index contributed by atoms with van der Waals surface area (Å²) in [6, 6.07) is 5.95. The number of aromatic nitrogens is 1. The lowest BCUT2D eigenvalue weighted by molar-refractivity contribution is -0.137. The van der Waals surface area contributed by atoms with E-state index in [1.165, 1.54) is 5.56 Å². The molecule has 0 amide bonds. The van der Waals surface area contributed by atoms with Crippen molar-refractivity contribution in [2.45, 2.75) is 32.6 Å². The van der Waals surface area contributed by atoms with E-state index in [-0.39, 0.29) is 6.42 Å². The molecule has 90 valence electrons. The van der Waals surface area contributed by atoms with Gasteiger partial charge in [-0.15, -0.1) is 0 Å². The smallest absolute Gasteiger partial charge is 0.303 e. The van der Waals surface area contributed by atoms with Gasteiger partial charge >= 0.3 is 5.97 Å². The first-order valence-corrected chi connectivity index (χ1v) is 5.79. The highest BCUT2D eigenvalue weighted by atomic mass is 16.4. The van der Waals surface area contributed by atoms with Crippen LogP contribution in [0.1, 0.15) is 31.2 Å². The average molecular weight is 233 g/mol. The summed E-state index contributed by atoms with van der Waals surface area (Å²) in [6.45, 7) is 2.09. The molecule has 0 saturated heterocycles. The van der Waals surface area contributed by atoms with E-state index in [9.17, 15) is 4.79 Å². The summed E-state index contributed by atoms with van der Waals surface area (Å²) in [5.74, 6) is -0.163. The Labute approximate surface area is 99.3 Å². The van der Waals surface area contributed by atoms with Crippen LogP contribution in [-0.4, -0.2) is 16.1 Å². The molecule has 2 aromatic rings. The molecule has 0 aliphatic carbocycles. The van der Waals surface area contributed by atoms with Gasteiger partial charge in [0.1, 0.15) is 5.52 Å². The maximum Gasteiger partial charge on any atom is 0.303 e. The summed E-state index contributed by atoms with van der Waals surface area (Å²) in [7, 11) is 0. The summed E-state index contributed by atoms with van der Waals surface area (Å²) in [4.78, 5) is 14.8. The molecule has 0 bridgehead atoms. The molecule has 1 aromatic heterocycles. The van der Waals surface area contributed by atoms with Gasteiger partial charge in [-0.1, -0.05) is 13.0 Å². The van der Waals surface area contributed by atoms with Crippen LogP contribution in [0.3, 0.4) is 0 Å². The van der Waals surface area contributed by atoms with Crippen molar-refractivity contribution in [2.75, 3.05) is 0 Å². The van der Waals surface area contributed by atoms with Gasteiger partial charge in [0.25, 0.3) is 0 Å². The standard InChI is InChI=1S/C13H15NO3/c1-2-9-6-7-11-10(8-9)14-12(17-11)4-3-5-13(15)16/h6-8H,2-5H2,1H3,(H,15,16). The Balaban J connectivity index is 2.11. The van der Waals surface area contributed by atoms with Gasteiger partial charge in [-0.05, 0) is 30.5 Å². The number of nitrogens with zero attached hydrogens (tertiary/aromatic N) is 1. The maximum atomic E-state index is 10.4. The van der Waals surface area contributed by atoms with Crippen LogP contribution in [0.15, 0.2) is 22.6 Å². The van der Waals surface area contributed by atoms with E-state index in [1.807, 2.05) is 18.2 Å². The summed E-state index contributed by atoms with van der Waals surface area (Å²) in [5.41, 5.74) is 2.85. The molecular formula is C13H15NO3. The number of benzene rings is 1. The highest BCUT2D eigenvalue weighted by Crippen LogP contribution is 2.18. The molecule has 1 N–H and O–H groups in total. The van der Waals surface area contributed by atoms with Crippen LogP contribution in [0.4, 0.5) is 0 Å². The highest BCUT2D eigenvalue weighted by molar-refractivity contribution is 5.73. The van der Waals surface area contributed by atoms with Gasteiger partial charge in [0.2, 0.25) is 0 Å². The van der Waals surface area contributed by atoms with E-state index in [2.05, 4.69) is 11.9 Å². The van der Waals surface area contributed by atoms with Gasteiger partial charge in [0.15, 0.2) is 11.5 Å². The second-order valence-electron chi connectivity index (χ2n) is 4.01. The Morgan fingerprint density at radius 1 is 1.47 bits per heavy atom. The summed E-state index contributed by atoms with van der Waals surface area (Å²) < 4.78 is 5.55. The van der Waals surface area contributed by atoms with Gasteiger partial charge < -0.3 is 9.52 Å². The zero-order valence-corrected chi connectivity index (χ0v) is 9.77. The summed E-state index contributed by atoms with van der Waals surface area (Å²) in [5, 5.41) is 8.55. The van der Waals surface area contributed by atoms with E-state index in [1.54, 1.807) is 0 Å². The third-order valence-electron chi connectivity index (χ3n) is 2.69. The fourth-order valence-corrected chi connectivity index (χ4v) is 1.74. The Kier molecular flexibility index (Phi) is 3.42. The van der Waals surface area contributed by atoms with Gasteiger partial charge in [-0.25, -0.2) is 4.98 Å². The molecule has 4 nitrogen and oxygen atoms in total. The number of aliphatic carboxylic acids is 1. The number of carboxylic acids is 1. The third-order valence-corrected chi connectivity index (χ3v) is 2.69. The van der Waals surface area contributed by atoms with E-state index >= 15 is 0 Å². The molecule has 17 heavy (non-hydrogen) atoms. The molecule has 4 heteroatoms. The lowest BCUT2D eigenvalue weighted by atomic mass is 10.1. The van der Waals surface area contributed by atoms with Crippen molar-refractivity contribution in [3.8, 4) is 0 Å². The van der Waals surface area contributed by atoms with Gasteiger partial charge in [0, 0.05) is 12.8 Å². The van der Waals surface area contributed by atoms with Gasteiger partial charge in [-0.2, -0.15) is 0 Å². The van der Waals surface area contributed by atoms with Crippen LogP contribution < -0.4 is 0 Å². The molecule has 1 aromatic carbocycles. The first-order chi connectivity index (χ1) is 8.19. The molecule has 0 aliphatic rings. The minimum atomic E-state index is -0.783. The number of aryl methyl sites for hydroxylation is 2. The fourth-order valence-electron chi connectivity index (χ4n) is 1.74. The largest absolute Gasteiger partial charge is 0.481 e. The highest BCUT2D eigenvalue weighted by Gasteiger charge is 2.07. The Morgan fingerprint density at radius 3 is 3.00 bits per heavy atom. The Morgan fingerprint density at radius 2 is 2.29 bits per heavy atom. The van der Waals surface area contributed by atoms with Crippen LogP contribution >= 0.6 is 0 Å². The second kappa shape index (κ2) is 4.99. The molecule has 0 aliphatic heterocycles. The molecule has 0 atom stereocenters. The molecule has 0 fully saturated rings. The fraction of sp³-hybridized carbons (Fsp3) is 0.385. The predicted octanol–water partition coefficient (Wildman–Crippen LogP) is 2.80. The first-order valence-electron chi connectivity index (χ1n) is 5.79. The van der Waals surface area contributed by atoms with Crippen molar-refractivity contribution in [1.82, 2.24) is 4.98 Å². The quantitative estimate of drug-likeness (QED) is 0.862. The molecule has 0 saturated carbocycles. The van der Waals surface area contributed by atoms with Crippen LogP contribution in [-0.2, 0) is 17.6 Å². The molecular weight excluding hydrogens is 218 g/mol. The Bertz CT molecular complexity index is 530. The number of oxazole rings is 1. The van der Waals surface area contributed by atoms with Crippen LogP contribution in [0, 0.1) is 0 Å². The zero-order valence-electron chi connectivity index (χ0n) is 9.77. The summed E-state index contributed by atoms with van der Waals surface area (Å²) in [6.07, 6.45) is 2.25. The molecule has 0 unspecified atom stereocenters. The molecule has 0 radical (unpaired) electrons. The molecule has 1 heterocycles. The van der Waals surface area contributed by atoms with Crippen LogP contribution in [0.2, 0.25) is 0 Å². The molecule has 0 spiro atoms.